The van der Waals surface area contributed by atoms with Crippen molar-refractivity contribution in [3.63, 3.8) is 0 Å². The normalized spacial score (nSPS) is 55.6. The van der Waals surface area contributed by atoms with Crippen LogP contribution in [0.3, 0.4) is 0 Å². The molecule has 0 saturated heterocycles. The first-order valence-electron chi connectivity index (χ1n) is 13.5. The first kappa shape index (κ1) is 22.2. The number of hydrogen-bond donors (Lipinski definition) is 0. The number of carbonyl (C=O) groups excluding carboxylic acids is 1. The van der Waals surface area contributed by atoms with Crippen LogP contribution in [-0.4, -0.2) is 5.78 Å². The molecule has 5 fully saturated rings. The minimum Gasteiger partial charge on any atom is -0.299 e. The number of Topliss-reactive ketones (excluding diaryl/α,β-unsaturated/α-hetero) is 1. The maximum atomic E-state index is 12.9. The Balaban J connectivity index is 1.55. The Morgan fingerprint density at radius 2 is 1.52 bits per heavy atom. The molecule has 0 N–H and O–H groups in total. The molecule has 0 heterocycles. The Bertz CT molecular complexity index is 807. The van der Waals surface area contributed by atoms with Gasteiger partial charge in [0.25, 0.3) is 0 Å². The molecule has 31 heavy (non-hydrogen) atoms. The summed E-state index contributed by atoms with van der Waals surface area (Å²) >= 11 is 0. The van der Waals surface area contributed by atoms with Crippen molar-refractivity contribution >= 4 is 5.78 Å². The molecular formula is C30H48O. The molecule has 0 unspecified atom stereocenters. The van der Waals surface area contributed by atoms with E-state index >= 15 is 0 Å². The lowest BCUT2D eigenvalue weighted by atomic mass is 9.32. The quantitative estimate of drug-likeness (QED) is 0.387. The average molecular weight is 425 g/mol. The minimum atomic E-state index is -0.131. The predicted octanol–water partition coefficient (Wildman–Crippen LogP) is 8.23. The van der Waals surface area contributed by atoms with E-state index in [0.29, 0.717) is 33.4 Å². The Labute approximate surface area is 192 Å². The average Bonchev–Trinajstić information content (AvgIpc) is 3.04. The lowest BCUT2D eigenvalue weighted by Gasteiger charge is -2.72. The highest BCUT2D eigenvalue weighted by atomic mass is 16.1. The Hall–Kier alpha value is -0.590. The molecule has 1 heteroatoms. The van der Waals surface area contributed by atoms with E-state index in [9.17, 15) is 4.79 Å². The lowest BCUT2D eigenvalue weighted by molar-refractivity contribution is -0.232. The molecule has 5 rings (SSSR count). The van der Waals surface area contributed by atoms with Crippen LogP contribution in [0.2, 0.25) is 0 Å². The molecule has 0 aromatic heterocycles. The number of rotatable bonds is 1. The molecule has 0 aliphatic heterocycles. The summed E-state index contributed by atoms with van der Waals surface area (Å²) in [5.41, 5.74) is 3.06. The summed E-state index contributed by atoms with van der Waals surface area (Å²) < 4.78 is 0. The van der Waals surface area contributed by atoms with Crippen LogP contribution in [0.15, 0.2) is 12.2 Å². The summed E-state index contributed by atoms with van der Waals surface area (Å²) in [5.74, 6) is 4.33. The highest BCUT2D eigenvalue weighted by Crippen LogP contribution is 2.77. The monoisotopic (exact) mass is 424 g/mol. The van der Waals surface area contributed by atoms with E-state index in [2.05, 4.69) is 55.0 Å². The first-order chi connectivity index (χ1) is 14.3. The van der Waals surface area contributed by atoms with E-state index in [1.807, 2.05) is 0 Å². The molecule has 0 radical (unpaired) electrons. The van der Waals surface area contributed by atoms with Gasteiger partial charge in [0.15, 0.2) is 0 Å². The van der Waals surface area contributed by atoms with Crippen molar-refractivity contribution in [2.75, 3.05) is 0 Å². The Kier molecular flexibility index (Phi) is 4.66. The molecule has 1 nitrogen and oxygen atoms in total. The van der Waals surface area contributed by atoms with Crippen LogP contribution < -0.4 is 0 Å². The van der Waals surface area contributed by atoms with Crippen molar-refractivity contribution in [2.45, 2.75) is 113 Å². The largest absolute Gasteiger partial charge is 0.299 e. The van der Waals surface area contributed by atoms with E-state index in [0.717, 1.165) is 36.5 Å². The lowest BCUT2D eigenvalue weighted by Crippen LogP contribution is -2.66. The zero-order valence-corrected chi connectivity index (χ0v) is 21.6. The summed E-state index contributed by atoms with van der Waals surface area (Å²) in [6.45, 7) is 22.0. The second-order valence-electron chi connectivity index (χ2n) is 14.5. The fourth-order valence-electron chi connectivity index (χ4n) is 11.3. The van der Waals surface area contributed by atoms with Crippen molar-refractivity contribution in [1.82, 2.24) is 0 Å². The molecule has 5 aliphatic carbocycles. The topological polar surface area (TPSA) is 17.1 Å². The molecule has 0 amide bonds. The molecule has 0 spiro atoms. The fraction of sp³-hybridized carbons (Fsp3) is 0.900. The zero-order valence-electron chi connectivity index (χ0n) is 21.6. The zero-order chi connectivity index (χ0) is 22.6. The third kappa shape index (κ3) is 2.59. The summed E-state index contributed by atoms with van der Waals surface area (Å²) in [6, 6.07) is 0. The third-order valence-electron chi connectivity index (χ3n) is 13.2. The smallest absolute Gasteiger partial charge is 0.138 e. The van der Waals surface area contributed by atoms with Gasteiger partial charge in [0.1, 0.15) is 5.78 Å². The second-order valence-corrected chi connectivity index (χ2v) is 14.5. The number of ketones is 1. The molecular weight excluding hydrogens is 376 g/mol. The summed E-state index contributed by atoms with van der Waals surface area (Å²) in [4.78, 5) is 12.9. The van der Waals surface area contributed by atoms with Crippen LogP contribution in [0.5, 0.6) is 0 Å². The van der Waals surface area contributed by atoms with Gasteiger partial charge in [-0.05, 0) is 116 Å². The van der Waals surface area contributed by atoms with Gasteiger partial charge in [0.2, 0.25) is 0 Å². The molecule has 0 aromatic rings. The van der Waals surface area contributed by atoms with Crippen molar-refractivity contribution in [2.24, 2.45) is 56.7 Å². The summed E-state index contributed by atoms with van der Waals surface area (Å²) in [5, 5.41) is 0. The van der Waals surface area contributed by atoms with Crippen LogP contribution in [0, 0.1) is 56.7 Å². The van der Waals surface area contributed by atoms with Crippen LogP contribution in [0.4, 0.5) is 0 Å². The third-order valence-corrected chi connectivity index (χ3v) is 13.2. The van der Waals surface area contributed by atoms with Crippen LogP contribution >= 0.6 is 0 Å². The maximum absolute atomic E-state index is 12.9. The molecule has 9 atom stereocenters. The molecule has 5 saturated carbocycles. The van der Waals surface area contributed by atoms with Crippen molar-refractivity contribution < 1.29 is 4.79 Å². The second kappa shape index (κ2) is 6.50. The molecule has 174 valence electrons. The van der Waals surface area contributed by atoms with Crippen molar-refractivity contribution in [1.29, 1.82) is 0 Å². The first-order valence-corrected chi connectivity index (χ1v) is 13.5. The van der Waals surface area contributed by atoms with Crippen molar-refractivity contribution in [3.05, 3.63) is 12.2 Å². The SMILES string of the molecule is C=C(C)[C@H]1CC[C@]2(C)CC[C@]3(C)[C@@H](CC[C@@H]4[C@]5(C)CCC(=O)C(C)(C)[C@@H]5CC[C@@]43C)[C@H]12. The molecule has 0 aromatic carbocycles. The Morgan fingerprint density at radius 3 is 2.19 bits per heavy atom. The van der Waals surface area contributed by atoms with Crippen molar-refractivity contribution in [3.8, 4) is 0 Å². The van der Waals surface area contributed by atoms with Gasteiger partial charge in [0, 0.05) is 11.8 Å². The number of allylic oxidation sites excluding steroid dienone is 1. The van der Waals surface area contributed by atoms with E-state index in [1.165, 1.54) is 56.9 Å². The van der Waals surface area contributed by atoms with Crippen LogP contribution in [0.25, 0.3) is 0 Å². The number of hydrogen-bond acceptors (Lipinski definition) is 1. The Morgan fingerprint density at radius 1 is 0.806 bits per heavy atom. The standard InChI is InChI=1S/C30H48O/c1-19(2)20-11-14-27(5)17-18-29(7)21(25(20)27)9-10-23-28(6)15-13-24(31)26(3,4)22(28)12-16-30(23,29)8/h20-23,25H,1,9-18H2,2-8H3/t20-,21+,22+,23-,25+,27-,28-,29-,30+/m1/s1. The molecule has 5 aliphatic rings. The van der Waals surface area contributed by atoms with Gasteiger partial charge in [-0.15, -0.1) is 0 Å². The van der Waals surface area contributed by atoms with Gasteiger partial charge in [-0.25, -0.2) is 0 Å². The van der Waals surface area contributed by atoms with E-state index in [-0.39, 0.29) is 5.41 Å². The minimum absolute atomic E-state index is 0.131. The fourth-order valence-corrected chi connectivity index (χ4v) is 11.3. The summed E-state index contributed by atoms with van der Waals surface area (Å²) in [7, 11) is 0. The highest BCUT2D eigenvalue weighted by Gasteiger charge is 2.70. The van der Waals surface area contributed by atoms with Gasteiger partial charge >= 0.3 is 0 Å². The highest BCUT2D eigenvalue weighted by molar-refractivity contribution is 5.85. The van der Waals surface area contributed by atoms with Gasteiger partial charge < -0.3 is 0 Å². The van der Waals surface area contributed by atoms with E-state index in [4.69, 9.17) is 0 Å². The number of fused-ring (bicyclic) bond motifs is 7. The van der Waals surface area contributed by atoms with Gasteiger partial charge in [-0.3, -0.25) is 4.79 Å². The van der Waals surface area contributed by atoms with E-state index < -0.39 is 0 Å². The van der Waals surface area contributed by atoms with E-state index in [1.54, 1.807) is 0 Å². The van der Waals surface area contributed by atoms with Gasteiger partial charge in [0.05, 0.1) is 0 Å². The predicted molar refractivity (Wildman–Crippen MR) is 130 cm³/mol. The molecule has 0 bridgehead atoms. The van der Waals surface area contributed by atoms with Gasteiger partial charge in [-0.1, -0.05) is 53.7 Å². The van der Waals surface area contributed by atoms with Gasteiger partial charge in [-0.2, -0.15) is 0 Å². The summed E-state index contributed by atoms with van der Waals surface area (Å²) in [6.07, 6.45) is 13.0. The van der Waals surface area contributed by atoms with Crippen LogP contribution in [0.1, 0.15) is 113 Å². The van der Waals surface area contributed by atoms with Crippen LogP contribution in [-0.2, 0) is 4.79 Å². The maximum Gasteiger partial charge on any atom is 0.138 e. The number of carbonyl (C=O) groups is 1.